The third-order valence-corrected chi connectivity index (χ3v) is 2.17. The topological polar surface area (TPSA) is 180 Å². The zero-order valence-corrected chi connectivity index (χ0v) is 9.43. The number of Topliss-reactive ketones (excluding diaryl/α,β-unsaturated/α-hetero) is 1. The van der Waals surface area contributed by atoms with Gasteiger partial charge in [0.05, 0.1) is 6.61 Å². The zero-order valence-electron chi connectivity index (χ0n) is 8.54. The maximum absolute atomic E-state index is 11.0. The fourth-order valence-corrected chi connectivity index (χ4v) is 1.19. The molecule has 0 bridgehead atoms. The van der Waals surface area contributed by atoms with Crippen LogP contribution in [-0.2, 0) is 18.7 Å². The van der Waals surface area contributed by atoms with Crippen molar-refractivity contribution in [3.8, 4) is 0 Å². The minimum atomic E-state index is -4.81. The van der Waals surface area contributed by atoms with E-state index in [-0.39, 0.29) is 0 Å². The molecular weight excluding hydrogens is 261 g/mol. The van der Waals surface area contributed by atoms with Gasteiger partial charge >= 0.3 is 7.82 Å². The zero-order chi connectivity index (χ0) is 13.6. The SMILES string of the molecule is NOCC(=O)[C@@H](O)[C@H](O)[C@H](O)COP(=O)(O)O. The first-order chi connectivity index (χ1) is 7.69. The van der Waals surface area contributed by atoms with Crippen LogP contribution in [0.3, 0.4) is 0 Å². The van der Waals surface area contributed by atoms with Gasteiger partial charge in [0.1, 0.15) is 24.9 Å². The van der Waals surface area contributed by atoms with Gasteiger partial charge < -0.3 is 25.1 Å². The van der Waals surface area contributed by atoms with Crippen molar-refractivity contribution in [1.29, 1.82) is 0 Å². The van der Waals surface area contributed by atoms with Gasteiger partial charge in [0, 0.05) is 0 Å². The summed E-state index contributed by atoms with van der Waals surface area (Å²) in [6.07, 6.45) is -5.85. The summed E-state index contributed by atoms with van der Waals surface area (Å²) < 4.78 is 14.2. The molecule has 0 aliphatic carbocycles. The predicted octanol–water partition coefficient (Wildman–Crippen LogP) is -3.36. The van der Waals surface area contributed by atoms with Gasteiger partial charge in [0.2, 0.25) is 0 Å². The molecule has 0 aromatic heterocycles. The average Bonchev–Trinajstić information content (AvgIpc) is 2.23. The Balaban J connectivity index is 4.24. The molecule has 0 unspecified atom stereocenters. The number of nitrogens with two attached hydrogens (primary N) is 1. The first-order valence-corrected chi connectivity index (χ1v) is 5.80. The summed E-state index contributed by atoms with van der Waals surface area (Å²) >= 11 is 0. The van der Waals surface area contributed by atoms with Crippen LogP contribution in [0.5, 0.6) is 0 Å². The largest absolute Gasteiger partial charge is 0.469 e. The van der Waals surface area contributed by atoms with Gasteiger partial charge in [-0.1, -0.05) is 0 Å². The molecule has 0 aliphatic rings. The van der Waals surface area contributed by atoms with Crippen LogP contribution in [0.1, 0.15) is 0 Å². The lowest BCUT2D eigenvalue weighted by atomic mass is 10.1. The van der Waals surface area contributed by atoms with Crippen molar-refractivity contribution in [1.82, 2.24) is 0 Å². The van der Waals surface area contributed by atoms with Crippen LogP contribution in [0.15, 0.2) is 0 Å². The third kappa shape index (κ3) is 6.78. The second-order valence-electron chi connectivity index (χ2n) is 3.07. The molecule has 10 nitrogen and oxygen atoms in total. The standard InChI is InChI=1S/C6H14NO9P/c7-15-1-3(8)5(10)6(11)4(9)2-16-17(12,13)14/h4-6,9-11H,1-2,7H2,(H2,12,13,14)/t4-,5-,6-/m1/s1. The normalized spacial score (nSPS) is 17.5. The number of hydrogen-bond donors (Lipinski definition) is 6. The highest BCUT2D eigenvalue weighted by molar-refractivity contribution is 7.46. The van der Waals surface area contributed by atoms with Gasteiger partial charge in [-0.2, -0.15) is 0 Å². The highest BCUT2D eigenvalue weighted by atomic mass is 31.2. The van der Waals surface area contributed by atoms with Gasteiger partial charge in [-0.05, 0) is 0 Å². The highest BCUT2D eigenvalue weighted by Crippen LogP contribution is 2.35. The second-order valence-corrected chi connectivity index (χ2v) is 4.31. The lowest BCUT2D eigenvalue weighted by molar-refractivity contribution is -0.144. The molecule has 102 valence electrons. The van der Waals surface area contributed by atoms with Gasteiger partial charge in [-0.25, -0.2) is 10.5 Å². The number of carbonyl (C=O) groups excluding carboxylic acids is 1. The van der Waals surface area contributed by atoms with Crippen LogP contribution in [-0.4, -0.2) is 62.4 Å². The van der Waals surface area contributed by atoms with Crippen LogP contribution < -0.4 is 5.90 Å². The molecular formula is C6H14NO9P. The van der Waals surface area contributed by atoms with Crippen molar-refractivity contribution in [2.24, 2.45) is 5.90 Å². The van der Waals surface area contributed by atoms with E-state index in [1.807, 2.05) is 0 Å². The van der Waals surface area contributed by atoms with E-state index in [1.54, 1.807) is 0 Å². The molecule has 0 fully saturated rings. The van der Waals surface area contributed by atoms with Crippen molar-refractivity contribution in [3.05, 3.63) is 0 Å². The smallest absolute Gasteiger partial charge is 0.388 e. The van der Waals surface area contributed by atoms with Crippen LogP contribution in [0.25, 0.3) is 0 Å². The molecule has 7 N–H and O–H groups in total. The number of phosphoric ester groups is 1. The molecule has 11 heteroatoms. The quantitative estimate of drug-likeness (QED) is 0.193. The Labute approximate surface area is 95.8 Å². The molecule has 0 aromatic carbocycles. The second kappa shape index (κ2) is 7.11. The summed E-state index contributed by atoms with van der Waals surface area (Å²) in [5.41, 5.74) is 0. The Hall–Kier alpha value is -0.420. The number of phosphoric acid groups is 1. The molecule has 0 amide bonds. The van der Waals surface area contributed by atoms with E-state index < -0.39 is 45.1 Å². The monoisotopic (exact) mass is 275 g/mol. The van der Waals surface area contributed by atoms with Gasteiger partial charge in [-0.3, -0.25) is 14.2 Å². The molecule has 17 heavy (non-hydrogen) atoms. The molecule has 0 rings (SSSR count). The fraction of sp³-hybridized carbons (Fsp3) is 0.833. The Morgan fingerprint density at radius 3 is 2.24 bits per heavy atom. The summed E-state index contributed by atoms with van der Waals surface area (Å²) in [7, 11) is -4.81. The van der Waals surface area contributed by atoms with Crippen molar-refractivity contribution < 1.29 is 43.8 Å². The molecule has 0 spiro atoms. The van der Waals surface area contributed by atoms with Gasteiger partial charge in [-0.15, -0.1) is 0 Å². The van der Waals surface area contributed by atoms with Gasteiger partial charge in [0.15, 0.2) is 5.78 Å². The lowest BCUT2D eigenvalue weighted by Gasteiger charge is -2.21. The van der Waals surface area contributed by atoms with Gasteiger partial charge in [0.25, 0.3) is 0 Å². The molecule has 0 heterocycles. The summed E-state index contributed by atoms with van der Waals surface area (Å²) in [6.45, 7) is -1.65. The van der Waals surface area contributed by atoms with E-state index in [9.17, 15) is 19.6 Å². The first kappa shape index (κ1) is 16.6. The molecule has 0 radical (unpaired) electrons. The van der Waals surface area contributed by atoms with Crippen LogP contribution in [0.2, 0.25) is 0 Å². The summed E-state index contributed by atoms with van der Waals surface area (Å²) in [6, 6.07) is 0. The van der Waals surface area contributed by atoms with E-state index >= 15 is 0 Å². The van der Waals surface area contributed by atoms with Crippen molar-refractivity contribution in [2.75, 3.05) is 13.2 Å². The van der Waals surface area contributed by atoms with E-state index in [0.29, 0.717) is 0 Å². The maximum Gasteiger partial charge on any atom is 0.469 e. The van der Waals surface area contributed by atoms with E-state index in [2.05, 4.69) is 15.3 Å². The molecule has 0 aromatic rings. The van der Waals surface area contributed by atoms with E-state index in [0.717, 1.165) is 0 Å². The van der Waals surface area contributed by atoms with Crippen molar-refractivity contribution in [3.63, 3.8) is 0 Å². The van der Waals surface area contributed by atoms with E-state index in [1.165, 1.54) is 0 Å². The number of ketones is 1. The molecule has 3 atom stereocenters. The minimum absolute atomic E-state index is 0.690. The molecule has 0 aliphatic heterocycles. The van der Waals surface area contributed by atoms with Crippen LogP contribution in [0.4, 0.5) is 0 Å². The molecule has 0 saturated heterocycles. The van der Waals surface area contributed by atoms with Crippen molar-refractivity contribution >= 4 is 13.6 Å². The number of hydrogen-bond acceptors (Lipinski definition) is 8. The summed E-state index contributed by atoms with van der Waals surface area (Å²) in [4.78, 5) is 31.5. The number of rotatable bonds is 8. The number of aliphatic hydroxyl groups is 3. The fourth-order valence-electron chi connectivity index (χ4n) is 0.840. The Kier molecular flexibility index (Phi) is 6.94. The lowest BCUT2D eigenvalue weighted by Crippen LogP contribution is -2.45. The van der Waals surface area contributed by atoms with Crippen LogP contribution >= 0.6 is 7.82 Å². The Morgan fingerprint density at radius 1 is 1.29 bits per heavy atom. The first-order valence-electron chi connectivity index (χ1n) is 4.27. The number of aliphatic hydroxyl groups excluding tert-OH is 3. The maximum atomic E-state index is 11.0. The average molecular weight is 275 g/mol. The van der Waals surface area contributed by atoms with Crippen molar-refractivity contribution in [2.45, 2.75) is 18.3 Å². The van der Waals surface area contributed by atoms with Crippen LogP contribution in [0, 0.1) is 0 Å². The summed E-state index contributed by atoms with van der Waals surface area (Å²) in [5, 5.41) is 27.6. The molecule has 0 saturated carbocycles. The highest BCUT2D eigenvalue weighted by Gasteiger charge is 2.31. The summed E-state index contributed by atoms with van der Waals surface area (Å²) in [5.74, 6) is 3.55. The minimum Gasteiger partial charge on any atom is -0.388 e. The number of carbonyl (C=O) groups is 1. The Morgan fingerprint density at radius 2 is 1.82 bits per heavy atom. The Bertz CT molecular complexity index is 291. The van der Waals surface area contributed by atoms with E-state index in [4.69, 9.17) is 14.9 Å². The predicted molar refractivity (Wildman–Crippen MR) is 51.2 cm³/mol. The third-order valence-electron chi connectivity index (χ3n) is 1.69.